The fraction of sp³-hybridized carbons (Fsp3) is 0.333. The van der Waals surface area contributed by atoms with Crippen LogP contribution in [0.25, 0.3) is 0 Å². The maximum Gasteiger partial charge on any atom is 0.258 e. The molecule has 9 heteroatoms. The molecule has 1 heterocycles. The second-order valence-corrected chi connectivity index (χ2v) is 6.85. The van der Waals surface area contributed by atoms with Gasteiger partial charge in [0.05, 0.1) is 34.5 Å². The number of halogens is 4. The zero-order chi connectivity index (χ0) is 19.6. The van der Waals surface area contributed by atoms with Crippen molar-refractivity contribution in [1.82, 2.24) is 4.98 Å². The SMILES string of the molecule is COc1c(F)cc(C(=O)Nc2c(Cl)cncc2Cl)c(F)c1OC1CCCC1. The maximum atomic E-state index is 15.0. The van der Waals surface area contributed by atoms with Crippen LogP contribution in [-0.4, -0.2) is 24.1 Å². The number of pyridine rings is 1. The lowest BCUT2D eigenvalue weighted by Gasteiger charge is -2.18. The van der Waals surface area contributed by atoms with E-state index in [0.717, 1.165) is 31.7 Å². The Balaban J connectivity index is 1.97. The zero-order valence-electron chi connectivity index (χ0n) is 14.3. The first-order valence-corrected chi connectivity index (χ1v) is 9.01. The van der Waals surface area contributed by atoms with E-state index in [4.69, 9.17) is 32.7 Å². The Kier molecular flexibility index (Phi) is 6.01. The van der Waals surface area contributed by atoms with Crippen LogP contribution < -0.4 is 14.8 Å². The van der Waals surface area contributed by atoms with Crippen molar-refractivity contribution in [2.24, 2.45) is 0 Å². The molecule has 1 aromatic heterocycles. The lowest BCUT2D eigenvalue weighted by Crippen LogP contribution is -2.18. The number of carbonyl (C=O) groups excluding carboxylic acids is 1. The number of methoxy groups -OCH3 is 1. The van der Waals surface area contributed by atoms with Crippen molar-refractivity contribution in [3.05, 3.63) is 45.7 Å². The Morgan fingerprint density at radius 1 is 1.19 bits per heavy atom. The van der Waals surface area contributed by atoms with Crippen molar-refractivity contribution in [2.45, 2.75) is 31.8 Å². The highest BCUT2D eigenvalue weighted by molar-refractivity contribution is 6.39. The van der Waals surface area contributed by atoms with Gasteiger partial charge in [-0.05, 0) is 31.7 Å². The maximum absolute atomic E-state index is 15.0. The quantitative estimate of drug-likeness (QED) is 0.722. The Morgan fingerprint density at radius 2 is 1.81 bits per heavy atom. The molecule has 0 atom stereocenters. The second kappa shape index (κ2) is 8.27. The monoisotopic (exact) mass is 416 g/mol. The summed E-state index contributed by atoms with van der Waals surface area (Å²) in [6.07, 6.45) is 5.61. The van der Waals surface area contributed by atoms with Crippen LogP contribution >= 0.6 is 23.2 Å². The van der Waals surface area contributed by atoms with Crippen LogP contribution in [0.3, 0.4) is 0 Å². The molecule has 0 saturated heterocycles. The fourth-order valence-corrected chi connectivity index (χ4v) is 3.39. The highest BCUT2D eigenvalue weighted by Gasteiger charge is 2.28. The van der Waals surface area contributed by atoms with Gasteiger partial charge >= 0.3 is 0 Å². The molecule has 1 aliphatic carbocycles. The number of carbonyl (C=O) groups is 1. The van der Waals surface area contributed by atoms with Crippen molar-refractivity contribution in [3.8, 4) is 11.5 Å². The Hall–Kier alpha value is -2.12. The molecule has 144 valence electrons. The molecule has 1 aromatic carbocycles. The van der Waals surface area contributed by atoms with Gasteiger partial charge in [0, 0.05) is 12.4 Å². The third-order valence-corrected chi connectivity index (χ3v) is 4.83. The minimum Gasteiger partial charge on any atom is -0.490 e. The van der Waals surface area contributed by atoms with E-state index in [9.17, 15) is 13.6 Å². The second-order valence-electron chi connectivity index (χ2n) is 6.04. The smallest absolute Gasteiger partial charge is 0.258 e. The van der Waals surface area contributed by atoms with Gasteiger partial charge < -0.3 is 14.8 Å². The molecule has 27 heavy (non-hydrogen) atoms. The number of nitrogens with zero attached hydrogens (tertiary/aromatic N) is 1. The van der Waals surface area contributed by atoms with Gasteiger partial charge in [-0.25, -0.2) is 8.78 Å². The van der Waals surface area contributed by atoms with Crippen LogP contribution in [0.1, 0.15) is 36.0 Å². The van der Waals surface area contributed by atoms with Gasteiger partial charge in [0.25, 0.3) is 5.91 Å². The van der Waals surface area contributed by atoms with Gasteiger partial charge in [-0.1, -0.05) is 23.2 Å². The fourth-order valence-electron chi connectivity index (χ4n) is 2.93. The molecule has 0 unspecified atom stereocenters. The first-order valence-electron chi connectivity index (χ1n) is 8.25. The summed E-state index contributed by atoms with van der Waals surface area (Å²) in [5.41, 5.74) is -0.502. The summed E-state index contributed by atoms with van der Waals surface area (Å²) >= 11 is 11.9. The first-order chi connectivity index (χ1) is 12.9. The average molecular weight is 417 g/mol. The molecule has 1 saturated carbocycles. The minimum atomic E-state index is -1.01. The molecule has 1 aliphatic rings. The van der Waals surface area contributed by atoms with Crippen LogP contribution in [0.5, 0.6) is 11.5 Å². The Labute approximate surface area is 164 Å². The van der Waals surface area contributed by atoms with Crippen LogP contribution in [0.2, 0.25) is 10.0 Å². The van der Waals surface area contributed by atoms with E-state index in [1.54, 1.807) is 0 Å². The number of ether oxygens (including phenoxy) is 2. The van der Waals surface area contributed by atoms with Crippen LogP contribution in [0, 0.1) is 11.6 Å². The van der Waals surface area contributed by atoms with Crippen molar-refractivity contribution in [2.75, 3.05) is 12.4 Å². The summed E-state index contributed by atoms with van der Waals surface area (Å²) < 4.78 is 40.0. The molecule has 0 aliphatic heterocycles. The van der Waals surface area contributed by atoms with Crippen molar-refractivity contribution in [3.63, 3.8) is 0 Å². The summed E-state index contributed by atoms with van der Waals surface area (Å²) in [6.45, 7) is 0. The van der Waals surface area contributed by atoms with E-state index in [0.29, 0.717) is 0 Å². The van der Waals surface area contributed by atoms with Gasteiger partial charge in [0.2, 0.25) is 5.75 Å². The molecule has 3 rings (SSSR count). The standard InChI is InChI=1S/C18H16Cl2F2N2O3/c1-26-16-13(21)6-10(14(22)17(16)27-9-4-2-3-5-9)18(25)24-15-11(19)7-23-8-12(15)20/h6-9H,2-5H2,1H3,(H,23,24,25). The lowest BCUT2D eigenvalue weighted by molar-refractivity contribution is 0.101. The number of aromatic nitrogens is 1. The van der Waals surface area contributed by atoms with Crippen LogP contribution in [0.15, 0.2) is 18.5 Å². The van der Waals surface area contributed by atoms with E-state index >= 15 is 0 Å². The summed E-state index contributed by atoms with van der Waals surface area (Å²) in [7, 11) is 1.20. The zero-order valence-corrected chi connectivity index (χ0v) is 15.8. The normalized spacial score (nSPS) is 14.3. The third-order valence-electron chi connectivity index (χ3n) is 4.26. The van der Waals surface area contributed by atoms with Gasteiger partial charge in [-0.15, -0.1) is 0 Å². The number of rotatable bonds is 5. The Morgan fingerprint density at radius 3 is 2.41 bits per heavy atom. The van der Waals surface area contributed by atoms with E-state index in [-0.39, 0.29) is 27.6 Å². The number of amides is 1. The van der Waals surface area contributed by atoms with Gasteiger partial charge in [0.1, 0.15) is 0 Å². The van der Waals surface area contributed by atoms with Gasteiger partial charge in [-0.2, -0.15) is 0 Å². The number of benzene rings is 1. The largest absolute Gasteiger partial charge is 0.490 e. The molecule has 1 amide bonds. The summed E-state index contributed by atoms with van der Waals surface area (Å²) in [5, 5.41) is 2.50. The predicted molar refractivity (Wildman–Crippen MR) is 98.0 cm³/mol. The highest BCUT2D eigenvalue weighted by atomic mass is 35.5. The molecule has 0 bridgehead atoms. The molecule has 1 fully saturated rings. The van der Waals surface area contributed by atoms with E-state index < -0.39 is 28.9 Å². The summed E-state index contributed by atoms with van der Waals surface area (Å²) in [4.78, 5) is 16.3. The van der Waals surface area contributed by atoms with E-state index in [1.807, 2.05) is 0 Å². The molecule has 1 N–H and O–H groups in total. The number of hydrogen-bond acceptors (Lipinski definition) is 4. The number of hydrogen-bond donors (Lipinski definition) is 1. The topological polar surface area (TPSA) is 60.5 Å². The van der Waals surface area contributed by atoms with Crippen molar-refractivity contribution >= 4 is 34.8 Å². The molecule has 5 nitrogen and oxygen atoms in total. The van der Waals surface area contributed by atoms with Gasteiger partial charge in [0.15, 0.2) is 17.4 Å². The lowest BCUT2D eigenvalue weighted by atomic mass is 10.1. The van der Waals surface area contributed by atoms with Gasteiger partial charge in [-0.3, -0.25) is 9.78 Å². The predicted octanol–water partition coefficient (Wildman–Crippen LogP) is 5.25. The average Bonchev–Trinajstić information content (AvgIpc) is 3.14. The number of anilines is 1. The van der Waals surface area contributed by atoms with Crippen LogP contribution in [-0.2, 0) is 0 Å². The van der Waals surface area contributed by atoms with E-state index in [2.05, 4.69) is 10.3 Å². The molecular formula is C18H16Cl2F2N2O3. The summed E-state index contributed by atoms with van der Waals surface area (Å²) in [5.74, 6) is -3.65. The molecular weight excluding hydrogens is 401 g/mol. The molecule has 0 radical (unpaired) electrons. The van der Waals surface area contributed by atoms with Crippen molar-refractivity contribution in [1.29, 1.82) is 0 Å². The van der Waals surface area contributed by atoms with Crippen molar-refractivity contribution < 1.29 is 23.0 Å². The van der Waals surface area contributed by atoms with Crippen LogP contribution in [0.4, 0.5) is 14.5 Å². The van der Waals surface area contributed by atoms with E-state index in [1.165, 1.54) is 19.5 Å². The third kappa shape index (κ3) is 4.09. The molecule has 2 aromatic rings. The minimum absolute atomic E-state index is 0.0484. The summed E-state index contributed by atoms with van der Waals surface area (Å²) in [6, 6.07) is 0.744. The first kappa shape index (κ1) is 19.6. The highest BCUT2D eigenvalue weighted by Crippen LogP contribution is 2.38. The molecule has 0 spiro atoms. The number of nitrogens with one attached hydrogen (secondary N) is 1. The Bertz CT molecular complexity index is 854.